The summed E-state index contributed by atoms with van der Waals surface area (Å²) in [6.45, 7) is 0.793. The summed E-state index contributed by atoms with van der Waals surface area (Å²) in [7, 11) is 3.31. The van der Waals surface area contributed by atoms with Gasteiger partial charge in [-0.3, -0.25) is 9.67 Å². The predicted octanol–water partition coefficient (Wildman–Crippen LogP) is 3.41. The Morgan fingerprint density at radius 2 is 1.80 bits per heavy atom. The van der Waals surface area contributed by atoms with Gasteiger partial charge < -0.3 is 24.6 Å². The molecule has 1 aliphatic carbocycles. The molecule has 2 heterocycles. The van der Waals surface area contributed by atoms with Gasteiger partial charge in [0.15, 0.2) is 0 Å². The molecule has 1 fully saturated rings. The maximum Gasteiger partial charge on any atom is 0.124 e. The third-order valence-corrected chi connectivity index (χ3v) is 6.16. The van der Waals surface area contributed by atoms with Crippen LogP contribution in [0, 0.1) is 5.92 Å². The van der Waals surface area contributed by atoms with Crippen LogP contribution in [-0.2, 0) is 6.54 Å². The fourth-order valence-corrected chi connectivity index (χ4v) is 4.04. The van der Waals surface area contributed by atoms with Crippen LogP contribution in [0.5, 0.6) is 11.5 Å². The first-order valence-electron chi connectivity index (χ1n) is 11.7. The van der Waals surface area contributed by atoms with Gasteiger partial charge in [0.05, 0.1) is 62.6 Å². The van der Waals surface area contributed by atoms with E-state index in [4.69, 9.17) is 19.6 Å². The van der Waals surface area contributed by atoms with Crippen LogP contribution in [0.4, 0.5) is 11.4 Å². The van der Waals surface area contributed by atoms with Gasteiger partial charge in [0, 0.05) is 47.9 Å². The lowest BCUT2D eigenvalue weighted by Crippen LogP contribution is -2.20. The van der Waals surface area contributed by atoms with E-state index in [0.717, 1.165) is 46.0 Å². The fourth-order valence-electron chi connectivity index (χ4n) is 4.04. The minimum absolute atomic E-state index is 0.210. The van der Waals surface area contributed by atoms with Gasteiger partial charge in [0.25, 0.3) is 0 Å². The molecule has 35 heavy (non-hydrogen) atoms. The van der Waals surface area contributed by atoms with E-state index in [0.29, 0.717) is 11.6 Å². The van der Waals surface area contributed by atoms with Crippen molar-refractivity contribution in [3.8, 4) is 22.8 Å². The minimum Gasteiger partial charge on any atom is -0.497 e. The molecular weight excluding hydrogens is 446 g/mol. The minimum atomic E-state index is -0.860. The Morgan fingerprint density at radius 1 is 1.03 bits per heavy atom. The largest absolute Gasteiger partial charge is 0.497 e. The second kappa shape index (κ2) is 9.89. The molecule has 1 atom stereocenters. The van der Waals surface area contributed by atoms with Gasteiger partial charge in [-0.15, -0.1) is 0 Å². The van der Waals surface area contributed by atoms with Crippen molar-refractivity contribution in [1.82, 2.24) is 19.7 Å². The van der Waals surface area contributed by atoms with E-state index in [9.17, 15) is 5.11 Å². The van der Waals surface area contributed by atoms with E-state index < -0.39 is 6.10 Å². The Bertz CT molecular complexity index is 1300. The third-order valence-electron chi connectivity index (χ3n) is 6.16. The number of ether oxygens (including phenoxy) is 2. The van der Waals surface area contributed by atoms with Gasteiger partial charge in [-0.05, 0) is 37.0 Å². The topological polar surface area (TPSA) is 106 Å². The quantitative estimate of drug-likeness (QED) is 0.360. The molecule has 1 aliphatic rings. The lowest BCUT2D eigenvalue weighted by Gasteiger charge is -2.26. The summed E-state index contributed by atoms with van der Waals surface area (Å²) in [5, 5.41) is 23.0. The van der Waals surface area contributed by atoms with Gasteiger partial charge in [0.2, 0.25) is 0 Å². The highest BCUT2D eigenvalue weighted by molar-refractivity contribution is 5.82. The third kappa shape index (κ3) is 5.21. The van der Waals surface area contributed by atoms with Crippen molar-refractivity contribution in [1.29, 1.82) is 0 Å². The van der Waals surface area contributed by atoms with Crippen LogP contribution in [0.3, 0.4) is 0 Å². The van der Waals surface area contributed by atoms with E-state index >= 15 is 0 Å². The van der Waals surface area contributed by atoms with Crippen LogP contribution in [0.2, 0.25) is 0 Å². The Morgan fingerprint density at radius 3 is 2.49 bits per heavy atom. The van der Waals surface area contributed by atoms with Crippen molar-refractivity contribution in [3.05, 3.63) is 55.0 Å². The first kappa shape index (κ1) is 23.1. The highest BCUT2D eigenvalue weighted by atomic mass is 16.5. The molecule has 9 nitrogen and oxygen atoms in total. The summed E-state index contributed by atoms with van der Waals surface area (Å²) in [4.78, 5) is 11.7. The summed E-state index contributed by atoms with van der Waals surface area (Å²) in [6.07, 6.45) is 6.79. The molecule has 0 radical (unpaired) electrons. The molecule has 9 heteroatoms. The lowest BCUT2D eigenvalue weighted by atomic mass is 10.1. The highest BCUT2D eigenvalue weighted by Gasteiger charge is 2.26. The predicted molar refractivity (Wildman–Crippen MR) is 133 cm³/mol. The van der Waals surface area contributed by atoms with E-state index in [1.54, 1.807) is 37.5 Å². The van der Waals surface area contributed by atoms with E-state index in [1.165, 1.54) is 12.8 Å². The molecule has 2 aromatic heterocycles. The first-order chi connectivity index (χ1) is 17.1. The number of fused-ring (bicyclic) bond motifs is 1. The van der Waals surface area contributed by atoms with Crippen LogP contribution < -0.4 is 14.4 Å². The van der Waals surface area contributed by atoms with Crippen molar-refractivity contribution in [2.45, 2.75) is 25.5 Å². The number of rotatable bonds is 10. The molecule has 182 valence electrons. The van der Waals surface area contributed by atoms with Gasteiger partial charge in [-0.1, -0.05) is 0 Å². The van der Waals surface area contributed by atoms with Crippen molar-refractivity contribution in [2.75, 3.05) is 32.3 Å². The molecule has 0 aliphatic heterocycles. The van der Waals surface area contributed by atoms with E-state index in [-0.39, 0.29) is 13.2 Å². The van der Waals surface area contributed by atoms with Crippen LogP contribution >= 0.6 is 0 Å². The number of aliphatic hydroxyl groups excluding tert-OH is 2. The zero-order valence-corrected chi connectivity index (χ0v) is 19.8. The Hall–Kier alpha value is -3.69. The molecule has 0 spiro atoms. The summed E-state index contributed by atoms with van der Waals surface area (Å²) < 4.78 is 12.6. The number of nitrogens with zero attached hydrogens (tertiary/aromatic N) is 5. The molecule has 2 N–H and O–H groups in total. The highest BCUT2D eigenvalue weighted by Crippen LogP contribution is 2.38. The van der Waals surface area contributed by atoms with Crippen molar-refractivity contribution >= 4 is 22.4 Å². The monoisotopic (exact) mass is 475 g/mol. The Balaban J connectivity index is 1.50. The zero-order valence-electron chi connectivity index (χ0n) is 19.8. The maximum atomic E-state index is 9.68. The van der Waals surface area contributed by atoms with Gasteiger partial charge in [0.1, 0.15) is 11.5 Å². The number of aliphatic hydroxyl groups is 2. The van der Waals surface area contributed by atoms with E-state index in [2.05, 4.69) is 27.1 Å². The summed E-state index contributed by atoms with van der Waals surface area (Å²) >= 11 is 0. The molecular formula is C26H29N5O4. The average Bonchev–Trinajstić information content (AvgIpc) is 3.61. The second-order valence-corrected chi connectivity index (χ2v) is 8.84. The Labute approximate surface area is 203 Å². The SMILES string of the molecule is COc1cc(OC)cc(N(CC2CC2)c2ccc3ncc(-c4cnn(CC(O)CO)c4)nc3c2)c1. The first-order valence-corrected chi connectivity index (χ1v) is 11.7. The van der Waals surface area contributed by atoms with Crippen molar-refractivity contribution in [3.63, 3.8) is 0 Å². The van der Waals surface area contributed by atoms with Gasteiger partial charge >= 0.3 is 0 Å². The lowest BCUT2D eigenvalue weighted by molar-refractivity contribution is 0.0783. The maximum absolute atomic E-state index is 9.68. The number of hydrogen-bond acceptors (Lipinski definition) is 8. The van der Waals surface area contributed by atoms with Crippen LogP contribution in [0.1, 0.15) is 12.8 Å². The molecule has 1 unspecified atom stereocenters. The summed E-state index contributed by atoms with van der Waals surface area (Å²) in [5.41, 5.74) is 5.08. The van der Waals surface area contributed by atoms with Crippen LogP contribution in [0.25, 0.3) is 22.3 Å². The molecule has 1 saturated carbocycles. The molecule has 0 saturated heterocycles. The summed E-state index contributed by atoms with van der Waals surface area (Å²) in [5.74, 6) is 2.14. The number of anilines is 2. The Kier molecular flexibility index (Phi) is 6.52. The molecule has 2 aromatic carbocycles. The van der Waals surface area contributed by atoms with Crippen molar-refractivity contribution < 1.29 is 19.7 Å². The molecule has 0 bridgehead atoms. The van der Waals surface area contributed by atoms with Gasteiger partial charge in [-0.25, -0.2) is 4.98 Å². The molecule has 0 amide bonds. The zero-order chi connectivity index (χ0) is 24.4. The van der Waals surface area contributed by atoms with Crippen LogP contribution in [0.15, 0.2) is 55.0 Å². The number of methoxy groups -OCH3 is 2. The smallest absolute Gasteiger partial charge is 0.124 e. The number of hydrogen-bond donors (Lipinski definition) is 2. The average molecular weight is 476 g/mol. The molecule has 4 aromatic rings. The summed E-state index contributed by atoms with van der Waals surface area (Å²) in [6, 6.07) is 12.0. The van der Waals surface area contributed by atoms with Gasteiger partial charge in [-0.2, -0.15) is 5.10 Å². The number of aromatic nitrogens is 4. The fraction of sp³-hybridized carbons (Fsp3) is 0.346. The second-order valence-electron chi connectivity index (χ2n) is 8.84. The van der Waals surface area contributed by atoms with E-state index in [1.807, 2.05) is 24.3 Å². The number of benzene rings is 2. The van der Waals surface area contributed by atoms with Crippen LogP contribution in [-0.4, -0.2) is 63.4 Å². The molecule has 5 rings (SSSR count). The normalized spacial score (nSPS) is 14.2. The van der Waals surface area contributed by atoms with Crippen molar-refractivity contribution in [2.24, 2.45) is 5.92 Å². The standard InChI is InChI=1S/C26H29N5O4/c1-34-22-7-20(8-23(10-22)35-2)31(13-17-3-4-17)19-5-6-24-25(9-19)29-26(12-27-24)18-11-28-30(14-18)15-21(33)16-32/h5-12,14,17,21,32-33H,3-4,13,15-16H2,1-2H3.